The van der Waals surface area contributed by atoms with Crippen LogP contribution < -0.4 is 0 Å². The Morgan fingerprint density at radius 1 is 0.500 bits per heavy atom. The Morgan fingerprint density at radius 3 is 1.86 bits per heavy atom. The van der Waals surface area contributed by atoms with E-state index in [2.05, 4.69) is 97.9 Å². The molecule has 0 aliphatic heterocycles. The Kier molecular flexibility index (Phi) is 3.15. The SMILES string of the molecule is Cc1c(-c2ccccc2)ccc2c1oc1c3ccccc3c3ccccc3c21. The van der Waals surface area contributed by atoms with Crippen molar-refractivity contribution < 1.29 is 4.42 Å². The van der Waals surface area contributed by atoms with E-state index in [1.807, 2.05) is 0 Å². The maximum atomic E-state index is 6.57. The highest BCUT2D eigenvalue weighted by atomic mass is 16.3. The summed E-state index contributed by atoms with van der Waals surface area (Å²) in [6.45, 7) is 2.16. The van der Waals surface area contributed by atoms with Gasteiger partial charge in [0.25, 0.3) is 0 Å². The molecule has 5 aromatic carbocycles. The lowest BCUT2D eigenvalue weighted by Crippen LogP contribution is -1.83. The first kappa shape index (κ1) is 15.5. The van der Waals surface area contributed by atoms with Crippen LogP contribution in [0.4, 0.5) is 0 Å². The summed E-state index contributed by atoms with van der Waals surface area (Å²) in [5.74, 6) is 0. The lowest BCUT2D eigenvalue weighted by atomic mass is 9.95. The monoisotopic (exact) mass is 358 g/mol. The van der Waals surface area contributed by atoms with Gasteiger partial charge in [0.2, 0.25) is 0 Å². The highest BCUT2D eigenvalue weighted by Gasteiger charge is 2.17. The molecule has 1 aromatic heterocycles. The van der Waals surface area contributed by atoms with Gasteiger partial charge in [-0.15, -0.1) is 0 Å². The van der Waals surface area contributed by atoms with Crippen LogP contribution in [0.5, 0.6) is 0 Å². The van der Waals surface area contributed by atoms with E-state index in [1.165, 1.54) is 49.0 Å². The van der Waals surface area contributed by atoms with Gasteiger partial charge in [0, 0.05) is 21.7 Å². The van der Waals surface area contributed by atoms with E-state index in [0.29, 0.717) is 0 Å². The molecule has 6 rings (SSSR count). The average molecular weight is 358 g/mol. The third-order valence-electron chi connectivity index (χ3n) is 5.85. The van der Waals surface area contributed by atoms with E-state index < -0.39 is 0 Å². The summed E-state index contributed by atoms with van der Waals surface area (Å²) < 4.78 is 6.57. The van der Waals surface area contributed by atoms with Crippen molar-refractivity contribution in [2.24, 2.45) is 0 Å². The summed E-state index contributed by atoms with van der Waals surface area (Å²) in [7, 11) is 0. The average Bonchev–Trinajstić information content (AvgIpc) is 3.16. The number of rotatable bonds is 1. The first-order valence-electron chi connectivity index (χ1n) is 9.63. The van der Waals surface area contributed by atoms with Crippen molar-refractivity contribution in [3.63, 3.8) is 0 Å². The topological polar surface area (TPSA) is 13.1 Å². The van der Waals surface area contributed by atoms with Gasteiger partial charge in [0.15, 0.2) is 0 Å². The molecule has 28 heavy (non-hydrogen) atoms. The molecular weight excluding hydrogens is 340 g/mol. The molecule has 0 N–H and O–H groups in total. The van der Waals surface area contributed by atoms with Crippen molar-refractivity contribution in [1.29, 1.82) is 0 Å². The predicted molar refractivity (Wildman–Crippen MR) is 119 cm³/mol. The fraction of sp³-hybridized carbons (Fsp3) is 0.0370. The highest BCUT2D eigenvalue weighted by molar-refractivity contribution is 6.30. The molecule has 0 unspecified atom stereocenters. The molecule has 1 heteroatoms. The van der Waals surface area contributed by atoms with Crippen LogP contribution >= 0.6 is 0 Å². The minimum atomic E-state index is 0.984. The van der Waals surface area contributed by atoms with Crippen LogP contribution in [0.25, 0.3) is 54.6 Å². The van der Waals surface area contributed by atoms with Crippen LogP contribution in [0.15, 0.2) is 95.4 Å². The van der Waals surface area contributed by atoms with Crippen LogP contribution in [0.2, 0.25) is 0 Å². The molecule has 0 atom stereocenters. The fourth-order valence-corrected chi connectivity index (χ4v) is 4.53. The Hall–Kier alpha value is -3.58. The summed E-state index contributed by atoms with van der Waals surface area (Å²) in [6, 6.07) is 32.2. The molecule has 0 fully saturated rings. The molecule has 0 spiro atoms. The van der Waals surface area contributed by atoms with Crippen molar-refractivity contribution in [2.45, 2.75) is 6.92 Å². The second kappa shape index (κ2) is 5.71. The number of hydrogen-bond acceptors (Lipinski definition) is 1. The quantitative estimate of drug-likeness (QED) is 0.273. The van der Waals surface area contributed by atoms with Crippen LogP contribution in [0, 0.1) is 6.92 Å². The molecule has 0 aliphatic carbocycles. The first-order valence-corrected chi connectivity index (χ1v) is 9.63. The molecule has 132 valence electrons. The van der Waals surface area contributed by atoms with E-state index >= 15 is 0 Å². The number of furan rings is 1. The lowest BCUT2D eigenvalue weighted by molar-refractivity contribution is 0.670. The summed E-state index contributed by atoms with van der Waals surface area (Å²) >= 11 is 0. The van der Waals surface area contributed by atoms with E-state index in [4.69, 9.17) is 4.42 Å². The minimum Gasteiger partial charge on any atom is -0.455 e. The van der Waals surface area contributed by atoms with Crippen molar-refractivity contribution in [3.05, 3.63) is 96.6 Å². The second-order valence-electron chi connectivity index (χ2n) is 7.38. The molecule has 6 aromatic rings. The van der Waals surface area contributed by atoms with Crippen molar-refractivity contribution >= 4 is 43.5 Å². The van der Waals surface area contributed by atoms with Gasteiger partial charge >= 0.3 is 0 Å². The number of fused-ring (bicyclic) bond motifs is 8. The lowest BCUT2D eigenvalue weighted by Gasteiger charge is -2.07. The molecule has 1 nitrogen and oxygen atoms in total. The molecule has 0 amide bonds. The van der Waals surface area contributed by atoms with Crippen LogP contribution in [0.3, 0.4) is 0 Å². The van der Waals surface area contributed by atoms with Crippen LogP contribution in [-0.2, 0) is 0 Å². The highest BCUT2D eigenvalue weighted by Crippen LogP contribution is 2.42. The Bertz CT molecular complexity index is 1500. The first-order chi connectivity index (χ1) is 13.8. The largest absolute Gasteiger partial charge is 0.455 e. The third kappa shape index (κ3) is 2.02. The van der Waals surface area contributed by atoms with Gasteiger partial charge in [-0.25, -0.2) is 0 Å². The van der Waals surface area contributed by atoms with Gasteiger partial charge in [0.1, 0.15) is 11.2 Å². The number of hydrogen-bond donors (Lipinski definition) is 0. The van der Waals surface area contributed by atoms with E-state index in [1.54, 1.807) is 0 Å². The minimum absolute atomic E-state index is 0.984. The maximum Gasteiger partial charge on any atom is 0.143 e. The van der Waals surface area contributed by atoms with E-state index in [9.17, 15) is 0 Å². The molecule has 0 saturated carbocycles. The van der Waals surface area contributed by atoms with Gasteiger partial charge in [-0.05, 0) is 40.3 Å². The zero-order valence-corrected chi connectivity index (χ0v) is 15.6. The van der Waals surface area contributed by atoms with E-state index in [0.717, 1.165) is 11.2 Å². The molecular formula is C27H18O. The van der Waals surface area contributed by atoms with Gasteiger partial charge < -0.3 is 4.42 Å². The van der Waals surface area contributed by atoms with Crippen molar-refractivity contribution in [1.82, 2.24) is 0 Å². The molecule has 0 saturated heterocycles. The number of benzene rings is 5. The van der Waals surface area contributed by atoms with E-state index in [-0.39, 0.29) is 0 Å². The van der Waals surface area contributed by atoms with Crippen molar-refractivity contribution in [2.75, 3.05) is 0 Å². The summed E-state index contributed by atoms with van der Waals surface area (Å²) in [6.07, 6.45) is 0. The molecule has 0 bridgehead atoms. The Balaban J connectivity index is 1.83. The van der Waals surface area contributed by atoms with Crippen LogP contribution in [-0.4, -0.2) is 0 Å². The third-order valence-corrected chi connectivity index (χ3v) is 5.85. The standard InChI is InChI=1S/C27H18O/c1-17-19(18-9-3-2-4-10-18)15-16-24-25-22-13-7-5-11-20(22)21-12-6-8-14-23(21)27(25)28-26(17)24/h2-16H,1H3. The van der Waals surface area contributed by atoms with Gasteiger partial charge in [-0.3, -0.25) is 0 Å². The Morgan fingerprint density at radius 2 is 1.11 bits per heavy atom. The van der Waals surface area contributed by atoms with Gasteiger partial charge in [-0.1, -0.05) is 84.9 Å². The maximum absolute atomic E-state index is 6.57. The van der Waals surface area contributed by atoms with Gasteiger partial charge in [-0.2, -0.15) is 0 Å². The van der Waals surface area contributed by atoms with Crippen molar-refractivity contribution in [3.8, 4) is 11.1 Å². The zero-order valence-electron chi connectivity index (χ0n) is 15.6. The predicted octanol–water partition coefficient (Wildman–Crippen LogP) is 7.87. The second-order valence-corrected chi connectivity index (χ2v) is 7.38. The normalized spacial score (nSPS) is 11.8. The summed E-state index contributed by atoms with van der Waals surface area (Å²) in [5, 5.41) is 7.35. The zero-order chi connectivity index (χ0) is 18.7. The summed E-state index contributed by atoms with van der Waals surface area (Å²) in [4.78, 5) is 0. The van der Waals surface area contributed by atoms with Crippen LogP contribution in [0.1, 0.15) is 5.56 Å². The number of aryl methyl sites for hydroxylation is 1. The van der Waals surface area contributed by atoms with Gasteiger partial charge in [0.05, 0.1) is 0 Å². The smallest absolute Gasteiger partial charge is 0.143 e. The summed E-state index contributed by atoms with van der Waals surface area (Å²) in [5.41, 5.74) is 5.60. The molecule has 0 radical (unpaired) electrons. The Labute approximate surface area is 162 Å². The molecule has 1 heterocycles. The molecule has 0 aliphatic rings. The fourth-order valence-electron chi connectivity index (χ4n) is 4.53.